The van der Waals surface area contributed by atoms with Crippen molar-refractivity contribution in [2.24, 2.45) is 11.8 Å². The third-order valence-electron chi connectivity index (χ3n) is 5.02. The van der Waals surface area contributed by atoms with E-state index in [4.69, 9.17) is 0 Å². The van der Waals surface area contributed by atoms with E-state index in [9.17, 15) is 0 Å². The van der Waals surface area contributed by atoms with Crippen molar-refractivity contribution in [3.8, 4) is 0 Å². The molecular formula is C13H24N2. The predicted octanol–water partition coefficient (Wildman–Crippen LogP) is 1.81. The Morgan fingerprint density at radius 3 is 2.33 bits per heavy atom. The van der Waals surface area contributed by atoms with E-state index < -0.39 is 0 Å². The second-order valence-corrected chi connectivity index (χ2v) is 5.71. The highest BCUT2D eigenvalue weighted by molar-refractivity contribution is 4.96. The molecule has 0 radical (unpaired) electrons. The quantitative estimate of drug-likeness (QED) is 0.683. The molecule has 3 unspecified atom stereocenters. The summed E-state index contributed by atoms with van der Waals surface area (Å²) in [6.45, 7) is 8.82. The molecule has 2 saturated carbocycles. The van der Waals surface area contributed by atoms with Crippen LogP contribution < -0.4 is 0 Å². The van der Waals surface area contributed by atoms with E-state index in [0.717, 1.165) is 17.9 Å². The van der Waals surface area contributed by atoms with Crippen molar-refractivity contribution < 1.29 is 0 Å². The molecule has 1 aliphatic heterocycles. The van der Waals surface area contributed by atoms with Gasteiger partial charge >= 0.3 is 0 Å². The normalized spacial score (nSPS) is 42.6. The van der Waals surface area contributed by atoms with Gasteiger partial charge in [0.1, 0.15) is 0 Å². The zero-order valence-electron chi connectivity index (χ0n) is 9.99. The summed E-state index contributed by atoms with van der Waals surface area (Å²) in [6, 6.07) is 0.975. The highest BCUT2D eigenvalue weighted by Crippen LogP contribution is 2.46. The van der Waals surface area contributed by atoms with Gasteiger partial charge in [-0.3, -0.25) is 4.90 Å². The minimum atomic E-state index is 0.975. The summed E-state index contributed by atoms with van der Waals surface area (Å²) in [5.74, 6) is 2.17. The van der Waals surface area contributed by atoms with Crippen LogP contribution in [0.5, 0.6) is 0 Å². The molecule has 0 spiro atoms. The van der Waals surface area contributed by atoms with Gasteiger partial charge in [0.05, 0.1) is 0 Å². The number of nitrogens with zero attached hydrogens (tertiary/aromatic N) is 2. The van der Waals surface area contributed by atoms with E-state index in [1.165, 1.54) is 52.0 Å². The third kappa shape index (κ3) is 1.83. The lowest BCUT2D eigenvalue weighted by atomic mass is 9.93. The van der Waals surface area contributed by atoms with Gasteiger partial charge in [0, 0.05) is 32.2 Å². The van der Waals surface area contributed by atoms with Gasteiger partial charge in [-0.15, -0.1) is 0 Å². The van der Waals surface area contributed by atoms with Crippen molar-refractivity contribution in [2.75, 3.05) is 32.7 Å². The van der Waals surface area contributed by atoms with Crippen molar-refractivity contribution >= 4 is 0 Å². The number of hydrogen-bond donors (Lipinski definition) is 0. The van der Waals surface area contributed by atoms with Gasteiger partial charge in [-0.2, -0.15) is 0 Å². The average molecular weight is 208 g/mol. The molecule has 15 heavy (non-hydrogen) atoms. The lowest BCUT2D eigenvalue weighted by Crippen LogP contribution is -2.51. The molecule has 1 saturated heterocycles. The Hall–Kier alpha value is -0.0800. The second-order valence-electron chi connectivity index (χ2n) is 5.71. The first-order chi connectivity index (χ1) is 7.36. The van der Waals surface area contributed by atoms with Crippen LogP contribution in [0, 0.1) is 11.8 Å². The molecule has 0 amide bonds. The first-order valence-corrected chi connectivity index (χ1v) is 6.83. The molecule has 2 aliphatic carbocycles. The van der Waals surface area contributed by atoms with E-state index in [-0.39, 0.29) is 0 Å². The molecular weight excluding hydrogens is 184 g/mol. The molecule has 3 atom stereocenters. The molecule has 2 bridgehead atoms. The van der Waals surface area contributed by atoms with Crippen molar-refractivity contribution in [2.45, 2.75) is 38.6 Å². The number of fused-ring (bicyclic) bond motifs is 2. The van der Waals surface area contributed by atoms with Gasteiger partial charge in [-0.25, -0.2) is 0 Å². The summed E-state index contributed by atoms with van der Waals surface area (Å²) < 4.78 is 0. The summed E-state index contributed by atoms with van der Waals surface area (Å²) in [5.41, 5.74) is 0. The van der Waals surface area contributed by atoms with Gasteiger partial charge in [0.25, 0.3) is 0 Å². The van der Waals surface area contributed by atoms with Crippen LogP contribution in [0.1, 0.15) is 32.6 Å². The van der Waals surface area contributed by atoms with Crippen LogP contribution in [-0.4, -0.2) is 48.6 Å². The highest BCUT2D eigenvalue weighted by Gasteiger charge is 2.42. The summed E-state index contributed by atoms with van der Waals surface area (Å²) in [4.78, 5) is 5.39. The Balaban J connectivity index is 1.56. The number of hydrogen-bond acceptors (Lipinski definition) is 2. The van der Waals surface area contributed by atoms with Gasteiger partial charge in [-0.1, -0.05) is 13.3 Å². The molecule has 0 N–H and O–H groups in total. The molecule has 1 heterocycles. The molecule has 0 aromatic heterocycles. The third-order valence-corrected chi connectivity index (χ3v) is 5.02. The molecule has 0 aromatic rings. The zero-order valence-corrected chi connectivity index (χ0v) is 9.99. The van der Waals surface area contributed by atoms with Crippen LogP contribution >= 0.6 is 0 Å². The molecule has 2 nitrogen and oxygen atoms in total. The topological polar surface area (TPSA) is 6.48 Å². The summed E-state index contributed by atoms with van der Waals surface area (Å²) in [6.07, 6.45) is 6.15. The van der Waals surface area contributed by atoms with Crippen LogP contribution in [0.3, 0.4) is 0 Å². The number of rotatable bonds is 2. The Morgan fingerprint density at radius 2 is 1.80 bits per heavy atom. The second kappa shape index (κ2) is 4.06. The van der Waals surface area contributed by atoms with E-state index in [1.807, 2.05) is 0 Å². The summed E-state index contributed by atoms with van der Waals surface area (Å²) in [7, 11) is 0. The SMILES string of the molecule is CCN1CCN(C2CC3CCC2C3)CC1. The Labute approximate surface area is 93.6 Å². The standard InChI is InChI=1S/C13H24N2/c1-2-14-5-7-15(8-6-14)13-10-11-3-4-12(13)9-11/h11-13H,2-10H2,1H3. The molecule has 3 rings (SSSR count). The van der Waals surface area contributed by atoms with Crippen molar-refractivity contribution in [1.29, 1.82) is 0 Å². The fraction of sp³-hybridized carbons (Fsp3) is 1.00. The minimum absolute atomic E-state index is 0.975. The largest absolute Gasteiger partial charge is 0.301 e. The average Bonchev–Trinajstić information content (AvgIpc) is 2.91. The van der Waals surface area contributed by atoms with Crippen LogP contribution in [0.2, 0.25) is 0 Å². The fourth-order valence-electron chi connectivity index (χ4n) is 4.07. The summed E-state index contributed by atoms with van der Waals surface area (Å²) >= 11 is 0. The first kappa shape index (κ1) is 10.1. The Morgan fingerprint density at radius 1 is 1.00 bits per heavy atom. The maximum atomic E-state index is 2.80. The van der Waals surface area contributed by atoms with Crippen molar-refractivity contribution in [1.82, 2.24) is 9.80 Å². The fourth-order valence-corrected chi connectivity index (χ4v) is 4.07. The van der Waals surface area contributed by atoms with E-state index in [1.54, 1.807) is 6.42 Å². The highest BCUT2D eigenvalue weighted by atomic mass is 15.3. The van der Waals surface area contributed by atoms with E-state index >= 15 is 0 Å². The van der Waals surface area contributed by atoms with Crippen LogP contribution in [0.25, 0.3) is 0 Å². The van der Waals surface area contributed by atoms with Crippen molar-refractivity contribution in [3.63, 3.8) is 0 Å². The maximum absolute atomic E-state index is 2.80. The molecule has 3 aliphatic rings. The molecule has 3 fully saturated rings. The molecule has 86 valence electrons. The van der Waals surface area contributed by atoms with Gasteiger partial charge in [0.2, 0.25) is 0 Å². The van der Waals surface area contributed by atoms with Crippen LogP contribution in [0.15, 0.2) is 0 Å². The van der Waals surface area contributed by atoms with E-state index in [0.29, 0.717) is 0 Å². The summed E-state index contributed by atoms with van der Waals surface area (Å²) in [5, 5.41) is 0. The smallest absolute Gasteiger partial charge is 0.0127 e. The van der Waals surface area contributed by atoms with Crippen LogP contribution in [0.4, 0.5) is 0 Å². The van der Waals surface area contributed by atoms with Gasteiger partial charge < -0.3 is 4.90 Å². The van der Waals surface area contributed by atoms with E-state index in [2.05, 4.69) is 16.7 Å². The lowest BCUT2D eigenvalue weighted by molar-refractivity contribution is 0.0737. The molecule has 2 heteroatoms. The zero-order chi connectivity index (χ0) is 10.3. The predicted molar refractivity (Wildman–Crippen MR) is 62.9 cm³/mol. The monoisotopic (exact) mass is 208 g/mol. The lowest BCUT2D eigenvalue weighted by Gasteiger charge is -2.40. The maximum Gasteiger partial charge on any atom is 0.0127 e. The van der Waals surface area contributed by atoms with Crippen LogP contribution in [-0.2, 0) is 0 Å². The number of likely N-dealkylation sites (N-methyl/N-ethyl adjacent to an activating group) is 1. The van der Waals surface area contributed by atoms with Crippen molar-refractivity contribution in [3.05, 3.63) is 0 Å². The van der Waals surface area contributed by atoms with Gasteiger partial charge in [0.15, 0.2) is 0 Å². The molecule has 0 aromatic carbocycles. The minimum Gasteiger partial charge on any atom is -0.301 e. The van der Waals surface area contributed by atoms with Gasteiger partial charge in [-0.05, 0) is 37.6 Å². The number of piperazine rings is 1. The Kier molecular flexibility index (Phi) is 2.73. The first-order valence-electron chi connectivity index (χ1n) is 6.83. The Bertz CT molecular complexity index is 221.